The minimum absolute atomic E-state index is 0.0142. The number of likely N-dealkylation sites (N-methyl/N-ethyl adjacent to an activating group) is 1. The quantitative estimate of drug-likeness (QED) is 0.666. The van der Waals surface area contributed by atoms with E-state index in [4.69, 9.17) is 23.2 Å². The highest BCUT2D eigenvalue weighted by Crippen LogP contribution is 2.40. The van der Waals surface area contributed by atoms with Crippen LogP contribution in [0.5, 0.6) is 0 Å². The van der Waals surface area contributed by atoms with Gasteiger partial charge in [0.25, 0.3) is 5.91 Å². The highest BCUT2D eigenvalue weighted by atomic mass is 35.5. The molecule has 0 N–H and O–H groups in total. The molecule has 154 valence electrons. The molecule has 0 bridgehead atoms. The van der Waals surface area contributed by atoms with Crippen LogP contribution in [-0.2, 0) is 17.9 Å². The molecule has 3 aliphatic rings. The zero-order chi connectivity index (χ0) is 21.2. The summed E-state index contributed by atoms with van der Waals surface area (Å²) < 4.78 is 0. The van der Waals surface area contributed by atoms with Crippen LogP contribution < -0.4 is 0 Å². The number of benzene rings is 2. The van der Waals surface area contributed by atoms with Gasteiger partial charge in [0.05, 0.1) is 10.6 Å². The van der Waals surface area contributed by atoms with Gasteiger partial charge < -0.3 is 9.80 Å². The molecule has 1 saturated carbocycles. The fraction of sp³-hybridized carbons (Fsp3) is 0.318. The molecule has 8 heteroatoms. The van der Waals surface area contributed by atoms with Gasteiger partial charge in [-0.2, -0.15) is 0 Å². The molecule has 0 spiro atoms. The Kier molecular flexibility index (Phi) is 4.52. The molecule has 0 atom stereocenters. The molecule has 0 radical (unpaired) electrons. The first kappa shape index (κ1) is 19.4. The van der Waals surface area contributed by atoms with Crippen molar-refractivity contribution < 1.29 is 14.4 Å². The predicted octanol–water partition coefficient (Wildman–Crippen LogP) is 4.17. The van der Waals surface area contributed by atoms with Crippen LogP contribution in [0, 0.1) is 0 Å². The fourth-order valence-electron chi connectivity index (χ4n) is 4.15. The molecular formula is C22H19Cl2N3O3. The number of hydrogen-bond donors (Lipinski definition) is 0. The first-order chi connectivity index (χ1) is 14.3. The van der Waals surface area contributed by atoms with Crippen molar-refractivity contribution in [2.75, 3.05) is 13.6 Å². The van der Waals surface area contributed by atoms with Crippen molar-refractivity contribution in [3.05, 3.63) is 57.1 Å². The third-order valence-electron chi connectivity index (χ3n) is 5.95. The summed E-state index contributed by atoms with van der Waals surface area (Å²) in [5.74, 6) is -0.203. The summed E-state index contributed by atoms with van der Waals surface area (Å²) in [4.78, 5) is 41.0. The van der Waals surface area contributed by atoms with E-state index in [0.717, 1.165) is 40.0 Å². The van der Waals surface area contributed by atoms with Crippen LogP contribution in [0.3, 0.4) is 0 Å². The molecule has 1 aliphatic carbocycles. The van der Waals surface area contributed by atoms with Crippen molar-refractivity contribution in [3.63, 3.8) is 0 Å². The number of carbonyl (C=O) groups is 3. The minimum atomic E-state index is -0.310. The van der Waals surface area contributed by atoms with E-state index >= 15 is 0 Å². The first-order valence-electron chi connectivity index (χ1n) is 9.81. The maximum atomic E-state index is 12.7. The number of rotatable bonds is 4. The van der Waals surface area contributed by atoms with Crippen molar-refractivity contribution in [2.24, 2.45) is 0 Å². The van der Waals surface area contributed by atoms with E-state index in [1.54, 1.807) is 12.1 Å². The lowest BCUT2D eigenvalue weighted by Gasteiger charge is -2.16. The van der Waals surface area contributed by atoms with Gasteiger partial charge in [0.15, 0.2) is 0 Å². The van der Waals surface area contributed by atoms with E-state index in [0.29, 0.717) is 34.7 Å². The van der Waals surface area contributed by atoms with Crippen LogP contribution in [0.15, 0.2) is 30.3 Å². The molecule has 2 aliphatic heterocycles. The number of urea groups is 1. The molecule has 2 heterocycles. The normalized spacial score (nSPS) is 18.6. The molecule has 0 aromatic heterocycles. The Morgan fingerprint density at radius 2 is 1.77 bits per heavy atom. The van der Waals surface area contributed by atoms with Crippen molar-refractivity contribution >= 4 is 41.0 Å². The Bertz CT molecular complexity index is 1110. The highest BCUT2D eigenvalue weighted by Gasteiger charge is 2.39. The number of imide groups is 1. The molecule has 2 fully saturated rings. The number of fused-ring (bicyclic) bond motifs is 1. The Balaban J connectivity index is 1.41. The summed E-state index contributed by atoms with van der Waals surface area (Å²) in [5.41, 5.74) is 4.03. The molecule has 6 nitrogen and oxygen atoms in total. The van der Waals surface area contributed by atoms with E-state index in [-0.39, 0.29) is 24.4 Å². The van der Waals surface area contributed by atoms with Crippen molar-refractivity contribution in [3.8, 4) is 11.1 Å². The van der Waals surface area contributed by atoms with E-state index in [1.165, 1.54) is 11.9 Å². The van der Waals surface area contributed by atoms with Crippen LogP contribution in [0.2, 0.25) is 10.0 Å². The van der Waals surface area contributed by atoms with Crippen LogP contribution in [0.4, 0.5) is 4.79 Å². The Morgan fingerprint density at radius 3 is 2.40 bits per heavy atom. The molecular weight excluding hydrogens is 425 g/mol. The second-order valence-electron chi connectivity index (χ2n) is 8.06. The summed E-state index contributed by atoms with van der Waals surface area (Å²) >= 11 is 13.0. The monoisotopic (exact) mass is 443 g/mol. The zero-order valence-electron chi connectivity index (χ0n) is 16.3. The second-order valence-corrected chi connectivity index (χ2v) is 8.88. The van der Waals surface area contributed by atoms with Gasteiger partial charge in [-0.05, 0) is 47.7 Å². The molecule has 30 heavy (non-hydrogen) atoms. The smallest absolute Gasteiger partial charge is 0.327 e. The highest BCUT2D eigenvalue weighted by molar-refractivity contribution is 6.35. The average molecular weight is 444 g/mol. The Morgan fingerprint density at radius 1 is 1.00 bits per heavy atom. The predicted molar refractivity (Wildman–Crippen MR) is 113 cm³/mol. The van der Waals surface area contributed by atoms with Crippen molar-refractivity contribution in [1.82, 2.24) is 14.7 Å². The van der Waals surface area contributed by atoms with Gasteiger partial charge in [-0.3, -0.25) is 14.5 Å². The van der Waals surface area contributed by atoms with Crippen LogP contribution in [0.25, 0.3) is 11.1 Å². The van der Waals surface area contributed by atoms with Gasteiger partial charge in [0.2, 0.25) is 5.91 Å². The number of hydrogen-bond acceptors (Lipinski definition) is 3. The van der Waals surface area contributed by atoms with Gasteiger partial charge in [-0.1, -0.05) is 35.3 Å². The lowest BCUT2D eigenvalue weighted by Crippen LogP contribution is -2.29. The summed E-state index contributed by atoms with van der Waals surface area (Å²) in [6.07, 6.45) is 2.11. The molecule has 2 aromatic rings. The molecule has 5 rings (SSSR count). The van der Waals surface area contributed by atoms with Crippen LogP contribution in [-0.4, -0.2) is 52.2 Å². The largest absolute Gasteiger partial charge is 0.331 e. The van der Waals surface area contributed by atoms with Crippen LogP contribution >= 0.6 is 23.2 Å². The summed E-state index contributed by atoms with van der Waals surface area (Å²) in [7, 11) is 1.48. The van der Waals surface area contributed by atoms with E-state index in [1.807, 2.05) is 23.1 Å². The minimum Gasteiger partial charge on any atom is -0.331 e. The zero-order valence-corrected chi connectivity index (χ0v) is 17.8. The standard InChI is InChI=1S/C22H19Cl2N3O3/c1-25-19(28)11-26(22(25)30)9-12-2-5-16(17(23)6-12)13-7-14-10-27(15-3-4-15)21(29)20(14)18(24)8-13/h2,5-8,15H,3-4,9-11H2,1H3. The van der Waals surface area contributed by atoms with Crippen LogP contribution in [0.1, 0.15) is 34.3 Å². The molecule has 2 aromatic carbocycles. The summed E-state index contributed by atoms with van der Waals surface area (Å²) in [6, 6.07) is 9.38. The Hall–Kier alpha value is -2.57. The lowest BCUT2D eigenvalue weighted by atomic mass is 9.99. The summed E-state index contributed by atoms with van der Waals surface area (Å²) in [5, 5.41) is 0.971. The number of amides is 4. The first-order valence-corrected chi connectivity index (χ1v) is 10.6. The maximum absolute atomic E-state index is 12.7. The summed E-state index contributed by atoms with van der Waals surface area (Å²) in [6.45, 7) is 0.964. The molecule has 1 saturated heterocycles. The number of nitrogens with zero attached hydrogens (tertiary/aromatic N) is 3. The second kappa shape index (κ2) is 7.00. The van der Waals surface area contributed by atoms with Crippen molar-refractivity contribution in [2.45, 2.75) is 32.0 Å². The van der Waals surface area contributed by atoms with Gasteiger partial charge >= 0.3 is 6.03 Å². The number of carbonyl (C=O) groups excluding carboxylic acids is 3. The van der Waals surface area contributed by atoms with Gasteiger partial charge in [0.1, 0.15) is 6.54 Å². The van der Waals surface area contributed by atoms with Gasteiger partial charge in [0, 0.05) is 36.8 Å². The topological polar surface area (TPSA) is 60.9 Å². The maximum Gasteiger partial charge on any atom is 0.327 e. The van der Waals surface area contributed by atoms with Gasteiger partial charge in [-0.25, -0.2) is 4.79 Å². The van der Waals surface area contributed by atoms with E-state index in [2.05, 4.69) is 0 Å². The Labute approximate surface area is 183 Å². The molecule has 4 amide bonds. The molecule has 0 unspecified atom stereocenters. The third kappa shape index (κ3) is 3.15. The number of halogens is 2. The van der Waals surface area contributed by atoms with E-state index in [9.17, 15) is 14.4 Å². The third-order valence-corrected chi connectivity index (χ3v) is 6.56. The fourth-order valence-corrected chi connectivity index (χ4v) is 4.79. The lowest BCUT2D eigenvalue weighted by molar-refractivity contribution is -0.124. The van der Waals surface area contributed by atoms with E-state index < -0.39 is 0 Å². The van der Waals surface area contributed by atoms with Gasteiger partial charge in [-0.15, -0.1) is 0 Å². The SMILES string of the molecule is CN1C(=O)CN(Cc2ccc(-c3cc(Cl)c4c(c3)CN(C3CC3)C4=O)c(Cl)c2)C1=O. The average Bonchev–Trinajstić information content (AvgIpc) is 3.45. The van der Waals surface area contributed by atoms with Crippen molar-refractivity contribution in [1.29, 1.82) is 0 Å².